The van der Waals surface area contributed by atoms with Crippen molar-refractivity contribution < 1.29 is 18.3 Å². The van der Waals surface area contributed by atoms with Crippen LogP contribution < -0.4 is 15.8 Å². The maximum atomic E-state index is 12.1. The lowest BCUT2D eigenvalue weighted by molar-refractivity contribution is -0.0498. The third-order valence-corrected chi connectivity index (χ3v) is 2.53. The maximum Gasteiger partial charge on any atom is 0.387 e. The van der Waals surface area contributed by atoms with E-state index < -0.39 is 6.61 Å². The van der Waals surface area contributed by atoms with Crippen LogP contribution in [0.4, 0.5) is 8.78 Å². The van der Waals surface area contributed by atoms with E-state index in [-0.39, 0.29) is 5.75 Å². The van der Waals surface area contributed by atoms with Crippen molar-refractivity contribution in [2.24, 2.45) is 10.7 Å². The summed E-state index contributed by atoms with van der Waals surface area (Å²) < 4.78 is 33.7. The summed E-state index contributed by atoms with van der Waals surface area (Å²) in [6.07, 6.45) is 0.835. The van der Waals surface area contributed by atoms with Gasteiger partial charge in [-0.25, -0.2) is 4.99 Å². The van der Waals surface area contributed by atoms with E-state index in [1.807, 2.05) is 6.92 Å². The number of halogens is 2. The molecule has 3 N–H and O–H groups in total. The molecule has 0 spiro atoms. The molecule has 1 rings (SSSR count). The predicted molar refractivity (Wildman–Crippen MR) is 77.5 cm³/mol. The van der Waals surface area contributed by atoms with E-state index in [2.05, 4.69) is 15.0 Å². The van der Waals surface area contributed by atoms with Crippen molar-refractivity contribution in [2.75, 3.05) is 19.8 Å². The van der Waals surface area contributed by atoms with E-state index >= 15 is 0 Å². The molecule has 0 heterocycles. The molecule has 5 nitrogen and oxygen atoms in total. The fourth-order valence-corrected chi connectivity index (χ4v) is 1.59. The van der Waals surface area contributed by atoms with Gasteiger partial charge in [0.15, 0.2) is 5.96 Å². The van der Waals surface area contributed by atoms with Crippen molar-refractivity contribution in [2.45, 2.75) is 26.5 Å². The Hall–Kier alpha value is -1.89. The van der Waals surface area contributed by atoms with Gasteiger partial charge in [-0.2, -0.15) is 8.78 Å². The summed E-state index contributed by atoms with van der Waals surface area (Å²) in [6.45, 7) is 1.44. The number of aliphatic imine (C=N–C) groups is 1. The minimum Gasteiger partial charge on any atom is -0.435 e. The van der Waals surface area contributed by atoms with Crippen LogP contribution in [0.2, 0.25) is 0 Å². The lowest BCUT2D eigenvalue weighted by Crippen LogP contribution is -2.32. The van der Waals surface area contributed by atoms with Crippen LogP contribution in [0.25, 0.3) is 0 Å². The van der Waals surface area contributed by atoms with Gasteiger partial charge in [-0.15, -0.1) is 0 Å². The summed E-state index contributed by atoms with van der Waals surface area (Å²) in [5.41, 5.74) is 6.44. The average Bonchev–Trinajstić information content (AvgIpc) is 2.44. The molecule has 0 aliphatic heterocycles. The van der Waals surface area contributed by atoms with Crippen LogP contribution in [0, 0.1) is 0 Å². The van der Waals surface area contributed by atoms with Crippen molar-refractivity contribution in [3.8, 4) is 5.75 Å². The zero-order valence-corrected chi connectivity index (χ0v) is 12.0. The summed E-state index contributed by atoms with van der Waals surface area (Å²) in [5.74, 6) is 0.424. The van der Waals surface area contributed by atoms with Gasteiger partial charge in [0.05, 0.1) is 6.54 Å². The molecule has 21 heavy (non-hydrogen) atoms. The lowest BCUT2D eigenvalue weighted by Gasteiger charge is -2.07. The van der Waals surface area contributed by atoms with Gasteiger partial charge in [0.1, 0.15) is 5.75 Å². The number of nitrogens with one attached hydrogen (secondary N) is 1. The van der Waals surface area contributed by atoms with E-state index in [0.717, 1.165) is 12.0 Å². The summed E-state index contributed by atoms with van der Waals surface area (Å²) in [4.78, 5) is 4.13. The Labute approximate surface area is 123 Å². The molecule has 1 aromatic rings. The SMILES string of the molecule is CCOCCCNC(N)=NCc1cccc(OC(F)F)c1. The molecular weight excluding hydrogens is 280 g/mol. The van der Waals surface area contributed by atoms with Crippen LogP contribution in [-0.2, 0) is 11.3 Å². The summed E-state index contributed by atoms with van der Waals surface area (Å²) in [5, 5.41) is 2.96. The Balaban J connectivity index is 2.36. The number of benzene rings is 1. The number of hydrogen-bond donors (Lipinski definition) is 2. The Kier molecular flexibility index (Phi) is 8.11. The lowest BCUT2D eigenvalue weighted by atomic mass is 10.2. The first kappa shape index (κ1) is 17.2. The van der Waals surface area contributed by atoms with Crippen molar-refractivity contribution in [1.82, 2.24) is 5.32 Å². The van der Waals surface area contributed by atoms with Crippen LogP contribution in [0.3, 0.4) is 0 Å². The molecule has 0 atom stereocenters. The first-order chi connectivity index (χ1) is 10.1. The van der Waals surface area contributed by atoms with E-state index in [4.69, 9.17) is 10.5 Å². The van der Waals surface area contributed by atoms with Gasteiger partial charge in [-0.05, 0) is 31.0 Å². The normalized spacial score (nSPS) is 11.7. The number of guanidine groups is 1. The smallest absolute Gasteiger partial charge is 0.387 e. The highest BCUT2D eigenvalue weighted by molar-refractivity contribution is 5.77. The van der Waals surface area contributed by atoms with Crippen molar-refractivity contribution >= 4 is 5.96 Å². The summed E-state index contributed by atoms with van der Waals surface area (Å²) in [7, 11) is 0. The predicted octanol–water partition coefficient (Wildman–Crippen LogP) is 2.12. The third kappa shape index (κ3) is 8.09. The highest BCUT2D eigenvalue weighted by Crippen LogP contribution is 2.16. The number of nitrogens with two attached hydrogens (primary N) is 1. The largest absolute Gasteiger partial charge is 0.435 e. The van der Waals surface area contributed by atoms with E-state index in [1.165, 1.54) is 12.1 Å². The maximum absolute atomic E-state index is 12.1. The average molecular weight is 301 g/mol. The quantitative estimate of drug-likeness (QED) is 0.416. The van der Waals surface area contributed by atoms with Crippen LogP contribution in [0.5, 0.6) is 5.75 Å². The van der Waals surface area contributed by atoms with Gasteiger partial charge in [-0.1, -0.05) is 12.1 Å². The van der Waals surface area contributed by atoms with Crippen LogP contribution in [0.15, 0.2) is 29.3 Å². The van der Waals surface area contributed by atoms with Crippen molar-refractivity contribution in [3.05, 3.63) is 29.8 Å². The molecule has 0 aliphatic rings. The second kappa shape index (κ2) is 9.93. The van der Waals surface area contributed by atoms with Gasteiger partial charge in [-0.3, -0.25) is 0 Å². The van der Waals surface area contributed by atoms with E-state index in [0.29, 0.717) is 32.3 Å². The van der Waals surface area contributed by atoms with Gasteiger partial charge in [0.2, 0.25) is 0 Å². The molecular formula is C14H21F2N3O2. The Bertz CT molecular complexity index is 442. The Morgan fingerprint density at radius 3 is 2.95 bits per heavy atom. The molecule has 0 aromatic heterocycles. The molecule has 7 heteroatoms. The van der Waals surface area contributed by atoms with Gasteiger partial charge in [0.25, 0.3) is 0 Å². The summed E-state index contributed by atoms with van der Waals surface area (Å²) >= 11 is 0. The number of rotatable bonds is 9. The third-order valence-electron chi connectivity index (χ3n) is 2.53. The molecule has 0 aliphatic carbocycles. The first-order valence-electron chi connectivity index (χ1n) is 6.77. The number of nitrogens with zero attached hydrogens (tertiary/aromatic N) is 1. The van der Waals surface area contributed by atoms with Crippen LogP contribution in [0.1, 0.15) is 18.9 Å². The van der Waals surface area contributed by atoms with Gasteiger partial charge < -0.3 is 20.5 Å². The van der Waals surface area contributed by atoms with Crippen molar-refractivity contribution in [3.63, 3.8) is 0 Å². The van der Waals surface area contributed by atoms with Crippen LogP contribution >= 0.6 is 0 Å². The zero-order valence-electron chi connectivity index (χ0n) is 12.0. The second-order valence-corrected chi connectivity index (χ2v) is 4.20. The number of ether oxygens (including phenoxy) is 2. The molecule has 0 radical (unpaired) electrons. The topological polar surface area (TPSA) is 68.9 Å². The molecule has 0 unspecified atom stereocenters. The number of hydrogen-bond acceptors (Lipinski definition) is 3. The molecule has 0 bridgehead atoms. The molecule has 118 valence electrons. The number of alkyl halides is 2. The second-order valence-electron chi connectivity index (χ2n) is 4.20. The monoisotopic (exact) mass is 301 g/mol. The fraction of sp³-hybridized carbons (Fsp3) is 0.500. The first-order valence-corrected chi connectivity index (χ1v) is 6.77. The molecule has 0 saturated heterocycles. The molecule has 0 amide bonds. The molecule has 1 aromatic carbocycles. The zero-order chi connectivity index (χ0) is 15.5. The van der Waals surface area contributed by atoms with Gasteiger partial charge >= 0.3 is 6.61 Å². The fourth-order valence-electron chi connectivity index (χ4n) is 1.59. The molecule has 0 saturated carbocycles. The highest BCUT2D eigenvalue weighted by atomic mass is 19.3. The van der Waals surface area contributed by atoms with Crippen LogP contribution in [-0.4, -0.2) is 32.3 Å². The van der Waals surface area contributed by atoms with E-state index in [1.54, 1.807) is 12.1 Å². The van der Waals surface area contributed by atoms with Gasteiger partial charge in [0, 0.05) is 19.8 Å². The Morgan fingerprint density at radius 1 is 1.43 bits per heavy atom. The minimum absolute atomic E-state index is 0.112. The van der Waals surface area contributed by atoms with Crippen molar-refractivity contribution in [1.29, 1.82) is 0 Å². The highest BCUT2D eigenvalue weighted by Gasteiger charge is 2.04. The minimum atomic E-state index is -2.83. The Morgan fingerprint density at radius 2 is 2.24 bits per heavy atom. The van der Waals surface area contributed by atoms with E-state index in [9.17, 15) is 8.78 Å². The molecule has 0 fully saturated rings. The standard InChI is InChI=1S/C14H21F2N3O2/c1-2-20-8-4-7-18-14(17)19-10-11-5-3-6-12(9-11)21-13(15)16/h3,5-6,9,13H,2,4,7-8,10H2,1H3,(H3,17,18,19). The summed E-state index contributed by atoms with van der Waals surface area (Å²) in [6, 6.07) is 6.38.